The fourth-order valence-corrected chi connectivity index (χ4v) is 3.91. The lowest BCUT2D eigenvalue weighted by Gasteiger charge is -2.17. The zero-order valence-electron chi connectivity index (χ0n) is 21.8. The molecule has 0 bridgehead atoms. The van der Waals surface area contributed by atoms with Gasteiger partial charge in [-0.25, -0.2) is 4.79 Å². The number of hydrogen-bond acceptors (Lipinski definition) is 5. The normalized spacial score (nSPS) is 11.7. The predicted octanol–water partition coefficient (Wildman–Crippen LogP) is 6.64. The van der Waals surface area contributed by atoms with Gasteiger partial charge < -0.3 is 14.8 Å². The standard InChI is InChI=1S/C27H51NO5/c1-4-7-8-9-10-11-12-13-14-15-16-17-18-19-20-21-25(29)28-24(27(31)33-6-3)22-23-26(30)32-5-2/h24H,4-23H2,1-3H3,(H,28,29). The number of ether oxygens (including phenoxy) is 2. The maximum Gasteiger partial charge on any atom is 0.328 e. The maximum absolute atomic E-state index is 12.2. The SMILES string of the molecule is CCCCCCCCCCCCCCCCCC(=O)NC(CCC(=O)OCC)C(=O)OCC. The van der Waals surface area contributed by atoms with Crippen LogP contribution in [0.2, 0.25) is 0 Å². The summed E-state index contributed by atoms with van der Waals surface area (Å²) in [6.07, 6.45) is 19.9. The Hall–Kier alpha value is -1.59. The lowest BCUT2D eigenvalue weighted by Crippen LogP contribution is -2.42. The van der Waals surface area contributed by atoms with Crippen molar-refractivity contribution >= 4 is 17.8 Å². The van der Waals surface area contributed by atoms with Crippen LogP contribution in [-0.2, 0) is 23.9 Å². The van der Waals surface area contributed by atoms with Gasteiger partial charge in [-0.3, -0.25) is 9.59 Å². The van der Waals surface area contributed by atoms with E-state index in [9.17, 15) is 14.4 Å². The van der Waals surface area contributed by atoms with Crippen LogP contribution in [-0.4, -0.2) is 37.1 Å². The van der Waals surface area contributed by atoms with E-state index in [-0.39, 0.29) is 31.3 Å². The minimum Gasteiger partial charge on any atom is -0.466 e. The number of unbranched alkanes of at least 4 members (excludes halogenated alkanes) is 14. The highest BCUT2D eigenvalue weighted by Gasteiger charge is 2.23. The summed E-state index contributed by atoms with van der Waals surface area (Å²) in [6, 6.07) is -0.793. The zero-order chi connectivity index (χ0) is 24.6. The van der Waals surface area contributed by atoms with E-state index >= 15 is 0 Å². The first-order valence-corrected chi connectivity index (χ1v) is 13.7. The molecule has 0 aliphatic heterocycles. The average Bonchev–Trinajstić information content (AvgIpc) is 2.79. The molecule has 0 fully saturated rings. The summed E-state index contributed by atoms with van der Waals surface area (Å²) < 4.78 is 9.92. The van der Waals surface area contributed by atoms with E-state index in [1.54, 1.807) is 13.8 Å². The Bertz CT molecular complexity index is 495. The fourth-order valence-electron chi connectivity index (χ4n) is 3.91. The molecule has 0 spiro atoms. The summed E-state index contributed by atoms with van der Waals surface area (Å²) in [5.74, 6) is -1.03. The molecule has 0 saturated heterocycles. The van der Waals surface area contributed by atoms with Gasteiger partial charge in [0.05, 0.1) is 13.2 Å². The first kappa shape index (κ1) is 31.4. The van der Waals surface area contributed by atoms with Gasteiger partial charge >= 0.3 is 11.9 Å². The molecular formula is C27H51NO5. The summed E-state index contributed by atoms with van der Waals surface area (Å²) in [6.45, 7) is 6.26. The van der Waals surface area contributed by atoms with E-state index in [1.807, 2.05) is 0 Å². The molecule has 194 valence electrons. The molecule has 0 rings (SSSR count). The van der Waals surface area contributed by atoms with E-state index in [1.165, 1.54) is 77.0 Å². The second kappa shape index (κ2) is 23.6. The second-order valence-corrected chi connectivity index (χ2v) is 8.92. The van der Waals surface area contributed by atoms with Crippen LogP contribution < -0.4 is 5.32 Å². The van der Waals surface area contributed by atoms with Gasteiger partial charge in [-0.05, 0) is 26.7 Å². The van der Waals surface area contributed by atoms with Crippen LogP contribution in [0.25, 0.3) is 0 Å². The van der Waals surface area contributed by atoms with Crippen LogP contribution >= 0.6 is 0 Å². The molecule has 0 aliphatic rings. The number of hydrogen-bond donors (Lipinski definition) is 1. The second-order valence-electron chi connectivity index (χ2n) is 8.92. The summed E-state index contributed by atoms with van der Waals surface area (Å²) in [7, 11) is 0. The van der Waals surface area contributed by atoms with Gasteiger partial charge in [0.15, 0.2) is 0 Å². The highest BCUT2D eigenvalue weighted by Crippen LogP contribution is 2.14. The minimum atomic E-state index is -0.793. The van der Waals surface area contributed by atoms with E-state index in [4.69, 9.17) is 9.47 Å². The Balaban J connectivity index is 3.74. The largest absolute Gasteiger partial charge is 0.466 e. The number of amides is 1. The lowest BCUT2D eigenvalue weighted by atomic mass is 10.0. The number of rotatable bonds is 23. The van der Waals surface area contributed by atoms with Crippen molar-refractivity contribution in [1.82, 2.24) is 5.32 Å². The van der Waals surface area contributed by atoms with Crippen molar-refractivity contribution in [3.63, 3.8) is 0 Å². The third kappa shape index (κ3) is 20.7. The fraction of sp³-hybridized carbons (Fsp3) is 0.889. The highest BCUT2D eigenvalue weighted by molar-refractivity contribution is 5.84. The zero-order valence-corrected chi connectivity index (χ0v) is 21.8. The number of carbonyl (C=O) groups is 3. The molecule has 0 aliphatic carbocycles. The molecule has 0 radical (unpaired) electrons. The molecule has 33 heavy (non-hydrogen) atoms. The van der Waals surface area contributed by atoms with E-state index in [0.29, 0.717) is 13.0 Å². The summed E-state index contributed by atoms with van der Waals surface area (Å²) in [5, 5.41) is 2.73. The smallest absolute Gasteiger partial charge is 0.328 e. The minimum absolute atomic E-state index is 0.0799. The predicted molar refractivity (Wildman–Crippen MR) is 134 cm³/mol. The number of nitrogens with one attached hydrogen (secondary N) is 1. The molecule has 0 aromatic heterocycles. The monoisotopic (exact) mass is 469 g/mol. The molecule has 1 atom stereocenters. The van der Waals surface area contributed by atoms with Gasteiger partial charge in [0.25, 0.3) is 0 Å². The van der Waals surface area contributed by atoms with Crippen LogP contribution in [0.5, 0.6) is 0 Å². The number of carbonyl (C=O) groups excluding carboxylic acids is 3. The van der Waals surface area contributed by atoms with Crippen molar-refractivity contribution in [3.05, 3.63) is 0 Å². The summed E-state index contributed by atoms with van der Waals surface area (Å²) in [4.78, 5) is 35.9. The quantitative estimate of drug-likeness (QED) is 0.134. The first-order valence-electron chi connectivity index (χ1n) is 13.7. The summed E-state index contributed by atoms with van der Waals surface area (Å²) in [5.41, 5.74) is 0. The molecule has 1 unspecified atom stereocenters. The van der Waals surface area contributed by atoms with Crippen molar-refractivity contribution in [1.29, 1.82) is 0 Å². The van der Waals surface area contributed by atoms with Gasteiger partial charge in [-0.15, -0.1) is 0 Å². The molecular weight excluding hydrogens is 418 g/mol. The molecule has 0 aromatic carbocycles. The Labute approximate surface area is 202 Å². The molecule has 6 heteroatoms. The number of esters is 2. The summed E-state index contributed by atoms with van der Waals surface area (Å²) >= 11 is 0. The third-order valence-corrected chi connectivity index (χ3v) is 5.86. The Morgan fingerprint density at radius 3 is 1.52 bits per heavy atom. The molecule has 0 aromatic rings. The van der Waals surface area contributed by atoms with Crippen LogP contribution in [0.3, 0.4) is 0 Å². The van der Waals surface area contributed by atoms with Gasteiger partial charge in [-0.1, -0.05) is 96.8 Å². The van der Waals surface area contributed by atoms with E-state index in [0.717, 1.165) is 19.3 Å². The average molecular weight is 470 g/mol. The van der Waals surface area contributed by atoms with Crippen molar-refractivity contribution in [2.75, 3.05) is 13.2 Å². The Morgan fingerprint density at radius 2 is 1.06 bits per heavy atom. The molecule has 0 heterocycles. The third-order valence-electron chi connectivity index (χ3n) is 5.86. The maximum atomic E-state index is 12.2. The van der Waals surface area contributed by atoms with Crippen LogP contribution in [0.4, 0.5) is 0 Å². The van der Waals surface area contributed by atoms with Gasteiger partial charge in [0.1, 0.15) is 6.04 Å². The topological polar surface area (TPSA) is 81.7 Å². The highest BCUT2D eigenvalue weighted by atomic mass is 16.5. The van der Waals surface area contributed by atoms with Crippen molar-refractivity contribution in [3.8, 4) is 0 Å². The molecule has 0 saturated carbocycles. The molecule has 1 N–H and O–H groups in total. The molecule has 6 nitrogen and oxygen atoms in total. The Kier molecular flexibility index (Phi) is 22.4. The van der Waals surface area contributed by atoms with Crippen molar-refractivity contribution in [2.45, 2.75) is 142 Å². The van der Waals surface area contributed by atoms with Gasteiger partial charge in [-0.2, -0.15) is 0 Å². The van der Waals surface area contributed by atoms with E-state index in [2.05, 4.69) is 12.2 Å². The van der Waals surface area contributed by atoms with Crippen LogP contribution in [0.1, 0.15) is 136 Å². The van der Waals surface area contributed by atoms with Gasteiger partial charge in [0.2, 0.25) is 5.91 Å². The van der Waals surface area contributed by atoms with Crippen molar-refractivity contribution in [2.24, 2.45) is 0 Å². The van der Waals surface area contributed by atoms with E-state index < -0.39 is 12.0 Å². The first-order chi connectivity index (χ1) is 16.0. The molecule has 1 amide bonds. The Morgan fingerprint density at radius 1 is 0.606 bits per heavy atom. The van der Waals surface area contributed by atoms with Crippen molar-refractivity contribution < 1.29 is 23.9 Å². The lowest BCUT2D eigenvalue weighted by molar-refractivity contribution is -0.148. The van der Waals surface area contributed by atoms with Gasteiger partial charge in [0, 0.05) is 12.8 Å². The van der Waals surface area contributed by atoms with Crippen LogP contribution in [0.15, 0.2) is 0 Å². The van der Waals surface area contributed by atoms with Crippen LogP contribution in [0, 0.1) is 0 Å².